The van der Waals surface area contributed by atoms with Crippen molar-refractivity contribution < 1.29 is 15.3 Å². The summed E-state index contributed by atoms with van der Waals surface area (Å²) in [6.07, 6.45) is 3.41. The van der Waals surface area contributed by atoms with E-state index in [1.807, 2.05) is 12.1 Å². The van der Waals surface area contributed by atoms with Gasteiger partial charge in [0.25, 0.3) is 0 Å². The Hall–Kier alpha value is -3.21. The average Bonchev–Trinajstić information content (AvgIpc) is 2.52. The number of phenols is 3. The van der Waals surface area contributed by atoms with Crippen LogP contribution in [0.3, 0.4) is 0 Å². The van der Waals surface area contributed by atoms with Gasteiger partial charge in [0, 0.05) is 30.6 Å². The van der Waals surface area contributed by atoms with Gasteiger partial charge in [-0.05, 0) is 41.5 Å². The number of hydrogen-bond donors (Lipinski definition) is 4. The monoisotopic (exact) mass is 308 g/mol. The fraction of sp³-hybridized carbons (Fsp3) is 0.0556. The summed E-state index contributed by atoms with van der Waals surface area (Å²) in [7, 11) is 0. The molecular weight excluding hydrogens is 292 g/mol. The van der Waals surface area contributed by atoms with Crippen molar-refractivity contribution in [2.24, 2.45) is 0 Å². The zero-order valence-corrected chi connectivity index (χ0v) is 12.3. The third-order valence-electron chi connectivity index (χ3n) is 3.38. The Balaban J connectivity index is 1.77. The van der Waals surface area contributed by atoms with E-state index in [0.29, 0.717) is 6.54 Å². The normalized spacial score (nSPS) is 10.4. The first-order valence-electron chi connectivity index (χ1n) is 7.10. The Morgan fingerprint density at radius 2 is 1.57 bits per heavy atom. The van der Waals surface area contributed by atoms with Crippen LogP contribution in [0.5, 0.6) is 17.2 Å². The molecule has 3 aromatic rings. The highest BCUT2D eigenvalue weighted by Gasteiger charge is 2.03. The van der Waals surface area contributed by atoms with Crippen LogP contribution in [0.15, 0.2) is 60.9 Å². The van der Waals surface area contributed by atoms with Crippen molar-refractivity contribution >= 4 is 5.69 Å². The number of pyridine rings is 1. The molecule has 1 heterocycles. The van der Waals surface area contributed by atoms with Crippen molar-refractivity contribution in [3.63, 3.8) is 0 Å². The van der Waals surface area contributed by atoms with Gasteiger partial charge in [0.1, 0.15) is 17.2 Å². The minimum Gasteiger partial charge on any atom is -0.508 e. The summed E-state index contributed by atoms with van der Waals surface area (Å²) in [5.74, 6) is 0.248. The third-order valence-corrected chi connectivity index (χ3v) is 3.38. The number of aromatic hydroxyl groups is 3. The molecule has 0 fully saturated rings. The molecule has 0 amide bonds. The smallest absolute Gasteiger partial charge is 0.119 e. The number of nitrogens with zero attached hydrogens (tertiary/aromatic N) is 1. The van der Waals surface area contributed by atoms with Gasteiger partial charge >= 0.3 is 0 Å². The van der Waals surface area contributed by atoms with E-state index < -0.39 is 0 Å². The molecule has 0 unspecified atom stereocenters. The van der Waals surface area contributed by atoms with Gasteiger partial charge in [-0.1, -0.05) is 12.1 Å². The summed E-state index contributed by atoms with van der Waals surface area (Å²) < 4.78 is 0. The van der Waals surface area contributed by atoms with Crippen LogP contribution >= 0.6 is 0 Å². The Morgan fingerprint density at radius 3 is 2.30 bits per heavy atom. The van der Waals surface area contributed by atoms with Gasteiger partial charge in [-0.25, -0.2) is 0 Å². The maximum Gasteiger partial charge on any atom is 0.119 e. The fourth-order valence-corrected chi connectivity index (χ4v) is 2.34. The number of benzene rings is 2. The number of phenolic OH excluding ortho intramolecular Hbond substituents is 3. The zero-order valence-electron chi connectivity index (χ0n) is 12.3. The molecule has 4 N–H and O–H groups in total. The standard InChI is InChI=1S/C18H16N2O3/c21-16-3-1-2-13(7-16)14-6-15(11-19-10-14)20-9-12-4-17(22)8-18(23)5-12/h1-8,10-11,20-23H,9H2. The Bertz CT molecular complexity index is 814. The summed E-state index contributed by atoms with van der Waals surface area (Å²) in [6, 6.07) is 13.3. The lowest BCUT2D eigenvalue weighted by atomic mass is 10.1. The van der Waals surface area contributed by atoms with Crippen LogP contribution < -0.4 is 5.32 Å². The van der Waals surface area contributed by atoms with Crippen LogP contribution in [0.2, 0.25) is 0 Å². The third kappa shape index (κ3) is 3.71. The lowest BCUT2D eigenvalue weighted by molar-refractivity contribution is 0.449. The van der Waals surface area contributed by atoms with Crippen LogP contribution in [0, 0.1) is 0 Å². The molecule has 23 heavy (non-hydrogen) atoms. The van der Waals surface area contributed by atoms with Gasteiger partial charge in [0.05, 0.1) is 5.69 Å². The van der Waals surface area contributed by atoms with Gasteiger partial charge in [0.2, 0.25) is 0 Å². The second-order valence-corrected chi connectivity index (χ2v) is 5.22. The second kappa shape index (κ2) is 6.27. The number of aromatic nitrogens is 1. The van der Waals surface area contributed by atoms with E-state index in [9.17, 15) is 15.3 Å². The van der Waals surface area contributed by atoms with Gasteiger partial charge in [-0.3, -0.25) is 4.98 Å². The zero-order chi connectivity index (χ0) is 16.2. The molecule has 116 valence electrons. The highest BCUT2D eigenvalue weighted by atomic mass is 16.3. The predicted molar refractivity (Wildman–Crippen MR) is 88.4 cm³/mol. The summed E-state index contributed by atoms with van der Waals surface area (Å²) in [5.41, 5.74) is 3.31. The van der Waals surface area contributed by atoms with Crippen molar-refractivity contribution in [3.8, 4) is 28.4 Å². The van der Waals surface area contributed by atoms with Crippen molar-refractivity contribution in [2.45, 2.75) is 6.54 Å². The summed E-state index contributed by atoms with van der Waals surface area (Å²) in [6.45, 7) is 0.438. The van der Waals surface area contributed by atoms with Crippen molar-refractivity contribution in [2.75, 3.05) is 5.32 Å². The van der Waals surface area contributed by atoms with E-state index in [4.69, 9.17) is 0 Å². The van der Waals surface area contributed by atoms with E-state index in [0.717, 1.165) is 22.4 Å². The van der Waals surface area contributed by atoms with E-state index in [-0.39, 0.29) is 17.2 Å². The highest BCUT2D eigenvalue weighted by molar-refractivity contribution is 5.67. The van der Waals surface area contributed by atoms with Gasteiger partial charge in [-0.15, -0.1) is 0 Å². The van der Waals surface area contributed by atoms with Crippen molar-refractivity contribution in [3.05, 3.63) is 66.5 Å². The topological polar surface area (TPSA) is 85.6 Å². The van der Waals surface area contributed by atoms with Crippen LogP contribution in [-0.4, -0.2) is 20.3 Å². The molecule has 0 bridgehead atoms. The molecule has 0 aliphatic carbocycles. The first-order chi connectivity index (χ1) is 11.1. The first kappa shape index (κ1) is 14.7. The van der Waals surface area contributed by atoms with E-state index >= 15 is 0 Å². The fourth-order valence-electron chi connectivity index (χ4n) is 2.34. The summed E-state index contributed by atoms with van der Waals surface area (Å²) >= 11 is 0. The number of rotatable bonds is 4. The SMILES string of the molecule is Oc1cc(O)cc(CNc2cncc(-c3cccc(O)c3)c2)c1. The van der Waals surface area contributed by atoms with Crippen LogP contribution in [0.4, 0.5) is 5.69 Å². The number of anilines is 1. The molecule has 2 aromatic carbocycles. The first-order valence-corrected chi connectivity index (χ1v) is 7.10. The maximum absolute atomic E-state index is 9.56. The Kier molecular flexibility index (Phi) is 4.01. The largest absolute Gasteiger partial charge is 0.508 e. The summed E-state index contributed by atoms with van der Waals surface area (Å²) in [5, 5.41) is 31.7. The van der Waals surface area contributed by atoms with E-state index in [1.165, 1.54) is 6.07 Å². The molecule has 3 rings (SSSR count). The molecule has 0 aliphatic rings. The Morgan fingerprint density at radius 1 is 0.783 bits per heavy atom. The Labute approximate surface area is 133 Å². The van der Waals surface area contributed by atoms with Crippen LogP contribution in [0.25, 0.3) is 11.1 Å². The molecular formula is C18H16N2O3. The number of nitrogens with one attached hydrogen (secondary N) is 1. The molecule has 0 aliphatic heterocycles. The maximum atomic E-state index is 9.56. The lowest BCUT2D eigenvalue weighted by Crippen LogP contribution is -2.00. The van der Waals surface area contributed by atoms with E-state index in [1.54, 1.807) is 42.7 Å². The predicted octanol–water partition coefficient (Wildman–Crippen LogP) is 3.48. The molecule has 0 atom stereocenters. The van der Waals surface area contributed by atoms with Gasteiger partial charge in [0.15, 0.2) is 0 Å². The molecule has 5 heteroatoms. The minimum absolute atomic E-state index is 0.0217. The minimum atomic E-state index is 0.0217. The molecule has 0 saturated carbocycles. The van der Waals surface area contributed by atoms with Gasteiger partial charge < -0.3 is 20.6 Å². The molecule has 5 nitrogen and oxygen atoms in total. The molecule has 1 aromatic heterocycles. The highest BCUT2D eigenvalue weighted by Crippen LogP contribution is 2.25. The number of hydrogen-bond acceptors (Lipinski definition) is 5. The molecule has 0 saturated heterocycles. The van der Waals surface area contributed by atoms with Crippen molar-refractivity contribution in [1.29, 1.82) is 0 Å². The van der Waals surface area contributed by atoms with Crippen LogP contribution in [-0.2, 0) is 6.54 Å². The summed E-state index contributed by atoms with van der Waals surface area (Å²) in [4.78, 5) is 4.20. The average molecular weight is 308 g/mol. The van der Waals surface area contributed by atoms with Crippen LogP contribution in [0.1, 0.15) is 5.56 Å². The lowest BCUT2D eigenvalue weighted by Gasteiger charge is -2.09. The van der Waals surface area contributed by atoms with Crippen molar-refractivity contribution in [1.82, 2.24) is 4.98 Å². The molecule has 0 spiro atoms. The molecule has 0 radical (unpaired) electrons. The van der Waals surface area contributed by atoms with Gasteiger partial charge in [-0.2, -0.15) is 0 Å². The van der Waals surface area contributed by atoms with E-state index in [2.05, 4.69) is 10.3 Å². The second-order valence-electron chi connectivity index (χ2n) is 5.22. The quantitative estimate of drug-likeness (QED) is 0.593.